The first-order chi connectivity index (χ1) is 55.0. The highest BCUT2D eigenvalue weighted by Gasteiger charge is 2.20. The van der Waals surface area contributed by atoms with E-state index in [1.54, 1.807) is 0 Å². The second kappa shape index (κ2) is 101. The zero-order chi connectivity index (χ0) is 79.7. The van der Waals surface area contributed by atoms with Crippen LogP contribution < -0.4 is 0 Å². The Morgan fingerprint density at radius 1 is 0.144 bits per heavy atom. The van der Waals surface area contributed by atoms with Gasteiger partial charge in [0.05, 0.1) is 0 Å². The third-order valence-electron chi connectivity index (χ3n) is 25.1. The Hall–Kier alpha value is -1.59. The van der Waals surface area contributed by atoms with Crippen LogP contribution in [0.1, 0.15) is 637 Å². The number of ether oxygens (including phenoxy) is 3. The molecule has 111 heavy (non-hydrogen) atoms. The molecule has 0 atom stereocenters. The third kappa shape index (κ3) is 98.9. The van der Waals surface area contributed by atoms with Crippen molar-refractivity contribution in [2.45, 2.75) is 643 Å². The van der Waals surface area contributed by atoms with Gasteiger partial charge in [-0.3, -0.25) is 14.4 Å². The third-order valence-corrected chi connectivity index (χ3v) is 25.1. The topological polar surface area (TPSA) is 78.9 Å². The van der Waals surface area contributed by atoms with Gasteiger partial charge in [-0.25, -0.2) is 0 Å². The molecule has 0 amide bonds. The van der Waals surface area contributed by atoms with E-state index in [2.05, 4.69) is 20.8 Å². The molecule has 0 aliphatic rings. The molecule has 662 valence electrons. The monoisotopic (exact) mass is 1560 g/mol. The molecule has 0 N–H and O–H groups in total. The Labute approximate surface area is 699 Å². The van der Waals surface area contributed by atoms with Crippen LogP contribution in [0.5, 0.6) is 0 Å². The highest BCUT2D eigenvalue weighted by molar-refractivity contribution is 5.71. The molecule has 0 unspecified atom stereocenters. The molecule has 6 heteroatoms. The fraction of sp³-hybridized carbons (Fsp3) is 0.971. The molecule has 0 aliphatic carbocycles. The fourth-order valence-electron chi connectivity index (χ4n) is 17.3. The number of carbonyl (C=O) groups is 3. The van der Waals surface area contributed by atoms with Crippen LogP contribution in [0, 0.1) is 0 Å². The molecular weight excluding hydrogens is 1360 g/mol. The summed E-state index contributed by atoms with van der Waals surface area (Å²) in [4.78, 5) is 39.0. The summed E-state index contributed by atoms with van der Waals surface area (Å²) in [5, 5.41) is 0. The maximum atomic E-state index is 13.1. The standard InChI is InChI=1S/C105H206O6/c1-4-7-10-13-16-19-22-25-28-31-34-37-40-43-46-49-52-55-58-61-64-67-70-73-76-79-82-85-88-91-94-97-103(106)109-100-102(111-105(108)99-96-93-90-87-84-81-78-75-72-69-66-63-60-57-54-51-48-45-42-39-36-33-30-27-24-21-18-15-12-9-6-3)101-110-104(107)98-95-92-89-86-83-80-77-74-71-68-65-62-59-56-53-50-47-44-41-38-35-32-29-26-23-20-17-14-11-8-5-2/h102H,4-101H2,1-3H3. The summed E-state index contributed by atoms with van der Waals surface area (Å²) >= 11 is 0. The Balaban J connectivity index is 4.22. The number of esters is 3. The summed E-state index contributed by atoms with van der Waals surface area (Å²) in [6.45, 7) is 6.80. The molecule has 0 aliphatic heterocycles. The fourth-order valence-corrected chi connectivity index (χ4v) is 17.3. The van der Waals surface area contributed by atoms with E-state index in [-0.39, 0.29) is 31.1 Å². The Kier molecular flexibility index (Phi) is 99.3. The molecule has 0 saturated heterocycles. The Bertz CT molecular complexity index is 1630. The van der Waals surface area contributed by atoms with E-state index in [0.717, 1.165) is 57.8 Å². The first-order valence-corrected chi connectivity index (χ1v) is 52.5. The zero-order valence-corrected chi connectivity index (χ0v) is 76.8. The largest absolute Gasteiger partial charge is 0.462 e. The van der Waals surface area contributed by atoms with Crippen LogP contribution >= 0.6 is 0 Å². The first-order valence-electron chi connectivity index (χ1n) is 52.5. The minimum atomic E-state index is -0.768. The van der Waals surface area contributed by atoms with Crippen LogP contribution in [0.25, 0.3) is 0 Å². The van der Waals surface area contributed by atoms with E-state index in [0.29, 0.717) is 19.3 Å². The number of carbonyl (C=O) groups excluding carboxylic acids is 3. The van der Waals surface area contributed by atoms with Crippen molar-refractivity contribution < 1.29 is 28.6 Å². The van der Waals surface area contributed by atoms with Gasteiger partial charge in [-0.1, -0.05) is 599 Å². The normalized spacial score (nSPS) is 11.7. The van der Waals surface area contributed by atoms with E-state index in [1.807, 2.05) is 0 Å². The van der Waals surface area contributed by atoms with Gasteiger partial charge in [-0.2, -0.15) is 0 Å². The number of hydrogen-bond acceptors (Lipinski definition) is 6. The summed E-state index contributed by atoms with van der Waals surface area (Å²) in [6.07, 6.45) is 129. The highest BCUT2D eigenvalue weighted by Crippen LogP contribution is 2.24. The molecule has 0 rings (SSSR count). The minimum Gasteiger partial charge on any atom is -0.462 e. The van der Waals surface area contributed by atoms with Crippen LogP contribution in [0.3, 0.4) is 0 Å². The number of hydrogen-bond donors (Lipinski definition) is 0. The molecule has 0 spiro atoms. The lowest BCUT2D eigenvalue weighted by Crippen LogP contribution is -2.30. The molecule has 0 saturated carbocycles. The van der Waals surface area contributed by atoms with Gasteiger partial charge in [0, 0.05) is 19.3 Å². The van der Waals surface area contributed by atoms with Gasteiger partial charge in [0.1, 0.15) is 13.2 Å². The van der Waals surface area contributed by atoms with Crippen molar-refractivity contribution in [2.75, 3.05) is 13.2 Å². The van der Waals surface area contributed by atoms with Crippen LogP contribution in [0.4, 0.5) is 0 Å². The van der Waals surface area contributed by atoms with Crippen molar-refractivity contribution in [3.05, 3.63) is 0 Å². The van der Waals surface area contributed by atoms with Gasteiger partial charge in [0.25, 0.3) is 0 Å². The smallest absolute Gasteiger partial charge is 0.306 e. The van der Waals surface area contributed by atoms with E-state index in [1.165, 1.54) is 539 Å². The molecule has 0 heterocycles. The highest BCUT2D eigenvalue weighted by atomic mass is 16.6. The van der Waals surface area contributed by atoms with Crippen molar-refractivity contribution in [1.29, 1.82) is 0 Å². The maximum absolute atomic E-state index is 13.1. The van der Waals surface area contributed by atoms with Crippen molar-refractivity contribution in [2.24, 2.45) is 0 Å². The van der Waals surface area contributed by atoms with Crippen molar-refractivity contribution in [3.8, 4) is 0 Å². The maximum Gasteiger partial charge on any atom is 0.306 e. The van der Waals surface area contributed by atoms with Crippen LogP contribution in [-0.2, 0) is 28.6 Å². The van der Waals surface area contributed by atoms with Crippen molar-refractivity contribution >= 4 is 17.9 Å². The zero-order valence-electron chi connectivity index (χ0n) is 76.8. The van der Waals surface area contributed by atoms with Crippen LogP contribution in [0.15, 0.2) is 0 Å². The van der Waals surface area contributed by atoms with E-state index in [4.69, 9.17) is 14.2 Å². The second-order valence-electron chi connectivity index (χ2n) is 36.5. The number of rotatable bonds is 101. The second-order valence-corrected chi connectivity index (χ2v) is 36.5. The molecule has 0 radical (unpaired) electrons. The summed E-state index contributed by atoms with van der Waals surface area (Å²) < 4.78 is 17.2. The summed E-state index contributed by atoms with van der Waals surface area (Å²) in [6, 6.07) is 0. The molecule has 0 aromatic carbocycles. The Morgan fingerprint density at radius 3 is 0.360 bits per heavy atom. The van der Waals surface area contributed by atoms with Crippen molar-refractivity contribution in [3.63, 3.8) is 0 Å². The minimum absolute atomic E-state index is 0.0588. The molecule has 6 nitrogen and oxygen atoms in total. The molecule has 0 fully saturated rings. The average molecular weight is 1560 g/mol. The predicted molar refractivity (Wildman–Crippen MR) is 492 cm³/mol. The molecule has 0 aromatic heterocycles. The summed E-state index contributed by atoms with van der Waals surface area (Å²) in [7, 11) is 0. The predicted octanol–water partition coefficient (Wildman–Crippen LogP) is 37.5. The molecule has 0 aromatic rings. The van der Waals surface area contributed by atoms with E-state index in [9.17, 15) is 14.4 Å². The molecular formula is C105H206O6. The van der Waals surface area contributed by atoms with Gasteiger partial charge < -0.3 is 14.2 Å². The Morgan fingerprint density at radius 2 is 0.243 bits per heavy atom. The van der Waals surface area contributed by atoms with Gasteiger partial charge >= 0.3 is 17.9 Å². The first kappa shape index (κ1) is 109. The lowest BCUT2D eigenvalue weighted by molar-refractivity contribution is -0.167. The van der Waals surface area contributed by atoms with E-state index >= 15 is 0 Å². The quantitative estimate of drug-likeness (QED) is 0.0343. The van der Waals surface area contributed by atoms with E-state index < -0.39 is 6.10 Å². The van der Waals surface area contributed by atoms with Gasteiger partial charge in [0.15, 0.2) is 6.10 Å². The SMILES string of the molecule is CCCCCCCCCCCCCCCCCCCCCCCCCCCCCCCCCC(=O)OCC(COC(=O)CCCCCCCCCCCCCCCCCCCCCCCCCCCCCCCCC)OC(=O)CCCCCCCCCCCCCCCCCCCCCCCCCCCCCCCCC. The van der Waals surface area contributed by atoms with Gasteiger partial charge in [-0.05, 0) is 19.3 Å². The lowest BCUT2D eigenvalue weighted by Gasteiger charge is -2.18. The van der Waals surface area contributed by atoms with Crippen molar-refractivity contribution in [1.82, 2.24) is 0 Å². The van der Waals surface area contributed by atoms with Gasteiger partial charge in [-0.15, -0.1) is 0 Å². The number of unbranched alkanes of at least 4 members (excludes halogenated alkanes) is 90. The summed E-state index contributed by atoms with van der Waals surface area (Å²) in [5.41, 5.74) is 0. The lowest BCUT2D eigenvalue weighted by atomic mass is 10.0. The van der Waals surface area contributed by atoms with Crippen LogP contribution in [-0.4, -0.2) is 37.2 Å². The van der Waals surface area contributed by atoms with Gasteiger partial charge in [0.2, 0.25) is 0 Å². The molecule has 0 bridgehead atoms. The van der Waals surface area contributed by atoms with Crippen LogP contribution in [0.2, 0.25) is 0 Å². The average Bonchev–Trinajstić information content (AvgIpc) is 0.946. The summed E-state index contributed by atoms with van der Waals surface area (Å²) in [5.74, 6) is -0.796.